The van der Waals surface area contributed by atoms with Crippen molar-refractivity contribution in [2.45, 2.75) is 45.9 Å². The molecule has 0 spiro atoms. The van der Waals surface area contributed by atoms with E-state index >= 15 is 0 Å². The van der Waals surface area contributed by atoms with Gasteiger partial charge in [-0.1, -0.05) is 0 Å². The molecule has 0 aromatic carbocycles. The average molecular weight is 268 g/mol. The average Bonchev–Trinajstić information content (AvgIpc) is 2.61. The molecule has 0 fully saturated rings. The molecule has 0 aliphatic rings. The molecule has 1 heterocycles. The molecule has 1 aromatic rings. The van der Waals surface area contributed by atoms with Crippen LogP contribution in [0.4, 0.5) is 4.79 Å². The van der Waals surface area contributed by atoms with Crippen LogP contribution in [0.2, 0.25) is 0 Å². The van der Waals surface area contributed by atoms with Crippen LogP contribution >= 0.6 is 0 Å². The predicted octanol–water partition coefficient (Wildman–Crippen LogP) is 1.42. The van der Waals surface area contributed by atoms with Gasteiger partial charge in [-0.25, -0.2) is 4.79 Å². The maximum Gasteiger partial charge on any atom is 0.407 e. The van der Waals surface area contributed by atoms with Crippen LogP contribution in [0.5, 0.6) is 0 Å². The Labute approximate surface area is 114 Å². The molecular weight excluding hydrogens is 244 g/mol. The molecular formula is C13H24N4O2. The summed E-state index contributed by atoms with van der Waals surface area (Å²) in [7, 11) is 1.90. The zero-order chi connectivity index (χ0) is 14.5. The first kappa shape index (κ1) is 15.5. The number of aromatic nitrogens is 2. The van der Waals surface area contributed by atoms with Crippen molar-refractivity contribution in [1.82, 2.24) is 20.4 Å². The van der Waals surface area contributed by atoms with Gasteiger partial charge < -0.3 is 15.4 Å². The SMILES string of the molecule is CC(CNCc1ccnn1C)NC(=O)OC(C)(C)C. The van der Waals surface area contributed by atoms with E-state index in [1.165, 1.54) is 0 Å². The number of aryl methyl sites for hydroxylation is 1. The molecule has 1 aromatic heterocycles. The Bertz CT molecular complexity index is 409. The zero-order valence-electron chi connectivity index (χ0n) is 12.4. The van der Waals surface area contributed by atoms with E-state index in [1.54, 1.807) is 6.20 Å². The molecule has 19 heavy (non-hydrogen) atoms. The highest BCUT2D eigenvalue weighted by molar-refractivity contribution is 5.68. The molecule has 0 radical (unpaired) electrons. The van der Waals surface area contributed by atoms with Crippen LogP contribution < -0.4 is 10.6 Å². The number of carbonyl (C=O) groups is 1. The van der Waals surface area contributed by atoms with E-state index in [0.29, 0.717) is 6.54 Å². The van der Waals surface area contributed by atoms with E-state index in [-0.39, 0.29) is 12.1 Å². The zero-order valence-corrected chi connectivity index (χ0v) is 12.4. The second-order valence-electron chi connectivity index (χ2n) is 5.62. The van der Waals surface area contributed by atoms with E-state index in [9.17, 15) is 4.79 Å². The second-order valence-corrected chi connectivity index (χ2v) is 5.62. The van der Waals surface area contributed by atoms with Crippen LogP contribution in [0.1, 0.15) is 33.4 Å². The molecule has 1 atom stereocenters. The summed E-state index contributed by atoms with van der Waals surface area (Å²) >= 11 is 0. The van der Waals surface area contributed by atoms with Crippen LogP contribution in [0.25, 0.3) is 0 Å². The fraction of sp³-hybridized carbons (Fsp3) is 0.692. The van der Waals surface area contributed by atoms with E-state index in [0.717, 1.165) is 12.2 Å². The van der Waals surface area contributed by atoms with E-state index < -0.39 is 5.60 Å². The van der Waals surface area contributed by atoms with Gasteiger partial charge >= 0.3 is 6.09 Å². The first-order chi connectivity index (χ1) is 8.78. The van der Waals surface area contributed by atoms with Crippen molar-refractivity contribution in [2.75, 3.05) is 6.54 Å². The summed E-state index contributed by atoms with van der Waals surface area (Å²) < 4.78 is 7.01. The van der Waals surface area contributed by atoms with Crippen LogP contribution in [0.3, 0.4) is 0 Å². The highest BCUT2D eigenvalue weighted by atomic mass is 16.6. The smallest absolute Gasteiger partial charge is 0.407 e. The highest BCUT2D eigenvalue weighted by Gasteiger charge is 2.17. The predicted molar refractivity (Wildman–Crippen MR) is 73.7 cm³/mol. The number of ether oxygens (including phenoxy) is 1. The number of carbonyl (C=O) groups excluding carboxylic acids is 1. The Kier molecular flexibility index (Phi) is 5.35. The van der Waals surface area contributed by atoms with Crippen molar-refractivity contribution in [3.05, 3.63) is 18.0 Å². The van der Waals surface area contributed by atoms with Gasteiger partial charge in [-0.2, -0.15) is 5.10 Å². The van der Waals surface area contributed by atoms with Crippen molar-refractivity contribution < 1.29 is 9.53 Å². The molecule has 1 amide bonds. The number of rotatable bonds is 5. The third-order valence-electron chi connectivity index (χ3n) is 2.44. The van der Waals surface area contributed by atoms with Gasteiger partial charge in [-0.15, -0.1) is 0 Å². The van der Waals surface area contributed by atoms with E-state index in [2.05, 4.69) is 15.7 Å². The summed E-state index contributed by atoms with van der Waals surface area (Å²) in [5.74, 6) is 0. The maximum atomic E-state index is 11.5. The number of nitrogens with zero attached hydrogens (tertiary/aromatic N) is 2. The van der Waals surface area contributed by atoms with Crippen molar-refractivity contribution in [2.24, 2.45) is 7.05 Å². The van der Waals surface area contributed by atoms with Crippen molar-refractivity contribution in [3.8, 4) is 0 Å². The van der Waals surface area contributed by atoms with Gasteiger partial charge in [0, 0.05) is 32.4 Å². The molecule has 2 N–H and O–H groups in total. The van der Waals surface area contributed by atoms with Crippen LogP contribution in [-0.4, -0.2) is 34.1 Å². The fourth-order valence-electron chi connectivity index (χ4n) is 1.55. The van der Waals surface area contributed by atoms with Gasteiger partial charge in [0.05, 0.1) is 5.69 Å². The number of hydrogen-bond acceptors (Lipinski definition) is 4. The van der Waals surface area contributed by atoms with E-state index in [4.69, 9.17) is 4.74 Å². The summed E-state index contributed by atoms with van der Waals surface area (Å²) in [4.78, 5) is 11.5. The lowest BCUT2D eigenvalue weighted by Crippen LogP contribution is -2.42. The largest absolute Gasteiger partial charge is 0.444 e. The standard InChI is InChI=1S/C13H24N4O2/c1-10(16-12(18)19-13(2,3)4)8-14-9-11-6-7-15-17(11)5/h6-7,10,14H,8-9H2,1-5H3,(H,16,18). The fourth-order valence-corrected chi connectivity index (χ4v) is 1.55. The Hall–Kier alpha value is -1.56. The van der Waals surface area contributed by atoms with Crippen molar-refractivity contribution in [1.29, 1.82) is 0 Å². The Morgan fingerprint density at radius 2 is 2.21 bits per heavy atom. The second kappa shape index (κ2) is 6.56. The van der Waals surface area contributed by atoms with E-state index in [1.807, 2.05) is 45.5 Å². The van der Waals surface area contributed by atoms with Gasteiger partial charge in [0.25, 0.3) is 0 Å². The Morgan fingerprint density at radius 3 is 2.74 bits per heavy atom. The molecule has 0 aliphatic carbocycles. The van der Waals surface area contributed by atoms with Crippen LogP contribution in [-0.2, 0) is 18.3 Å². The number of amides is 1. The van der Waals surface area contributed by atoms with Gasteiger partial charge in [-0.3, -0.25) is 4.68 Å². The lowest BCUT2D eigenvalue weighted by Gasteiger charge is -2.22. The molecule has 0 saturated heterocycles. The third-order valence-corrected chi connectivity index (χ3v) is 2.44. The minimum Gasteiger partial charge on any atom is -0.444 e. The molecule has 108 valence electrons. The van der Waals surface area contributed by atoms with Gasteiger partial charge in [0.1, 0.15) is 5.60 Å². The molecule has 0 aliphatic heterocycles. The van der Waals surface area contributed by atoms with Crippen molar-refractivity contribution >= 4 is 6.09 Å². The third kappa shape index (κ3) is 6.24. The Morgan fingerprint density at radius 1 is 1.53 bits per heavy atom. The van der Waals surface area contributed by atoms with Gasteiger partial charge in [0.2, 0.25) is 0 Å². The highest BCUT2D eigenvalue weighted by Crippen LogP contribution is 2.06. The van der Waals surface area contributed by atoms with Gasteiger partial charge in [-0.05, 0) is 33.8 Å². The summed E-state index contributed by atoms with van der Waals surface area (Å²) in [5, 5.41) is 10.1. The molecule has 0 bridgehead atoms. The first-order valence-electron chi connectivity index (χ1n) is 6.45. The van der Waals surface area contributed by atoms with Crippen molar-refractivity contribution in [3.63, 3.8) is 0 Å². The summed E-state index contributed by atoms with van der Waals surface area (Å²) in [6.45, 7) is 8.86. The monoisotopic (exact) mass is 268 g/mol. The minimum atomic E-state index is -0.466. The molecule has 0 saturated carbocycles. The number of alkyl carbamates (subject to hydrolysis) is 1. The minimum absolute atomic E-state index is 0.00285. The lowest BCUT2D eigenvalue weighted by molar-refractivity contribution is 0.0508. The Balaban J connectivity index is 2.23. The summed E-state index contributed by atoms with van der Waals surface area (Å²) in [6.07, 6.45) is 1.38. The first-order valence-corrected chi connectivity index (χ1v) is 6.45. The summed E-state index contributed by atoms with van der Waals surface area (Å²) in [6, 6.07) is 1.96. The number of hydrogen-bond donors (Lipinski definition) is 2. The molecule has 1 unspecified atom stereocenters. The maximum absolute atomic E-state index is 11.5. The lowest BCUT2D eigenvalue weighted by atomic mass is 10.2. The van der Waals surface area contributed by atoms with Crippen LogP contribution in [0.15, 0.2) is 12.3 Å². The molecule has 1 rings (SSSR count). The number of nitrogens with one attached hydrogen (secondary N) is 2. The normalized spacial score (nSPS) is 13.1. The quantitative estimate of drug-likeness (QED) is 0.847. The summed E-state index contributed by atoms with van der Waals surface area (Å²) in [5.41, 5.74) is 0.635. The van der Waals surface area contributed by atoms with Gasteiger partial charge in [0.15, 0.2) is 0 Å². The molecule has 6 nitrogen and oxygen atoms in total. The van der Waals surface area contributed by atoms with Crippen LogP contribution in [0, 0.1) is 0 Å². The molecule has 6 heteroatoms. The topological polar surface area (TPSA) is 68.2 Å².